The summed E-state index contributed by atoms with van der Waals surface area (Å²) < 4.78 is 2.37. The maximum absolute atomic E-state index is 2.37. The Morgan fingerprint density at radius 3 is 1.83 bits per heavy atom. The highest BCUT2D eigenvalue weighted by atomic mass is 15.0. The molecule has 168 valence electrons. The molecular formula is C34H27N. The van der Waals surface area contributed by atoms with Gasteiger partial charge in [-0.05, 0) is 65.1 Å². The topological polar surface area (TPSA) is 4.93 Å². The van der Waals surface area contributed by atoms with E-state index in [1.807, 2.05) is 6.92 Å². The minimum atomic E-state index is 0.928. The molecule has 6 aromatic rings. The van der Waals surface area contributed by atoms with Gasteiger partial charge in [0.1, 0.15) is 0 Å². The standard InChI is InChI=1S/C34H27N/c1-2-3-4-5-12-25-21-24-29(30-14-7-6-13-28(25)30)26-19-22-27(23-20-26)35-33-17-10-8-15-31(33)32-16-9-11-18-34(32)35/h2-11,13-24H,12H2,1H3/b3-2-,5-4-. The molecule has 0 atom stereocenters. The second-order valence-electron chi connectivity index (χ2n) is 8.89. The Morgan fingerprint density at radius 1 is 0.571 bits per heavy atom. The van der Waals surface area contributed by atoms with Crippen molar-refractivity contribution in [3.8, 4) is 16.8 Å². The third kappa shape index (κ3) is 3.76. The number of hydrogen-bond acceptors (Lipinski definition) is 0. The first kappa shape index (κ1) is 21.2. The number of hydrogen-bond donors (Lipinski definition) is 0. The molecule has 6 rings (SSSR count). The van der Waals surface area contributed by atoms with Crippen LogP contribution in [0.2, 0.25) is 0 Å². The fraction of sp³-hybridized carbons (Fsp3) is 0.0588. The van der Waals surface area contributed by atoms with Crippen molar-refractivity contribution in [2.24, 2.45) is 0 Å². The smallest absolute Gasteiger partial charge is 0.0541 e. The van der Waals surface area contributed by atoms with E-state index in [-0.39, 0.29) is 0 Å². The highest BCUT2D eigenvalue weighted by Gasteiger charge is 2.12. The molecule has 5 aromatic carbocycles. The zero-order valence-electron chi connectivity index (χ0n) is 19.9. The van der Waals surface area contributed by atoms with Crippen LogP contribution in [0.5, 0.6) is 0 Å². The lowest BCUT2D eigenvalue weighted by atomic mass is 9.94. The zero-order chi connectivity index (χ0) is 23.6. The quantitative estimate of drug-likeness (QED) is 0.231. The molecule has 0 unspecified atom stereocenters. The van der Waals surface area contributed by atoms with Gasteiger partial charge in [0.05, 0.1) is 11.0 Å². The summed E-state index contributed by atoms with van der Waals surface area (Å²) in [7, 11) is 0. The Hall–Kier alpha value is -4.36. The fourth-order valence-electron chi connectivity index (χ4n) is 5.17. The van der Waals surface area contributed by atoms with E-state index >= 15 is 0 Å². The summed E-state index contributed by atoms with van der Waals surface area (Å²) in [6, 6.07) is 39.6. The molecule has 0 aliphatic heterocycles. The predicted octanol–water partition coefficient (Wildman–Crippen LogP) is 9.28. The van der Waals surface area contributed by atoms with E-state index in [4.69, 9.17) is 0 Å². The summed E-state index contributed by atoms with van der Waals surface area (Å²) >= 11 is 0. The molecule has 0 amide bonds. The normalized spacial score (nSPS) is 12.0. The van der Waals surface area contributed by atoms with Crippen LogP contribution in [0.25, 0.3) is 49.4 Å². The Balaban J connectivity index is 1.44. The predicted molar refractivity (Wildman–Crippen MR) is 151 cm³/mol. The van der Waals surface area contributed by atoms with Gasteiger partial charge in [0.25, 0.3) is 0 Å². The van der Waals surface area contributed by atoms with E-state index in [0.717, 1.165) is 6.42 Å². The first-order chi connectivity index (χ1) is 17.3. The van der Waals surface area contributed by atoms with Gasteiger partial charge >= 0.3 is 0 Å². The third-order valence-electron chi connectivity index (χ3n) is 6.81. The molecule has 0 spiro atoms. The van der Waals surface area contributed by atoms with Gasteiger partial charge < -0.3 is 4.57 Å². The van der Waals surface area contributed by atoms with Crippen molar-refractivity contribution in [1.29, 1.82) is 0 Å². The maximum atomic E-state index is 2.37. The molecule has 1 heterocycles. The first-order valence-corrected chi connectivity index (χ1v) is 12.2. The van der Waals surface area contributed by atoms with Gasteiger partial charge in [-0.25, -0.2) is 0 Å². The fourth-order valence-corrected chi connectivity index (χ4v) is 5.17. The number of para-hydroxylation sites is 2. The van der Waals surface area contributed by atoms with E-state index in [1.54, 1.807) is 0 Å². The van der Waals surface area contributed by atoms with Crippen LogP contribution in [-0.2, 0) is 6.42 Å². The second kappa shape index (κ2) is 9.12. The van der Waals surface area contributed by atoms with E-state index in [2.05, 4.69) is 138 Å². The molecule has 35 heavy (non-hydrogen) atoms. The van der Waals surface area contributed by atoms with Crippen LogP contribution >= 0.6 is 0 Å². The lowest BCUT2D eigenvalue weighted by Crippen LogP contribution is -1.94. The van der Waals surface area contributed by atoms with Crippen LogP contribution in [0.15, 0.2) is 133 Å². The number of fused-ring (bicyclic) bond motifs is 4. The third-order valence-corrected chi connectivity index (χ3v) is 6.81. The number of allylic oxidation sites excluding steroid dienone is 4. The molecule has 0 N–H and O–H groups in total. The lowest BCUT2D eigenvalue weighted by molar-refractivity contribution is 1.18. The van der Waals surface area contributed by atoms with E-state index in [9.17, 15) is 0 Å². The SMILES string of the molecule is C/C=C\C=C/Cc1ccc(-c2ccc(-n3c4ccccc4c4ccccc43)cc2)c2ccccc12. The molecule has 0 saturated carbocycles. The van der Waals surface area contributed by atoms with Crippen molar-refractivity contribution < 1.29 is 0 Å². The Bertz CT molecular complexity index is 1660. The number of benzene rings is 5. The summed E-state index contributed by atoms with van der Waals surface area (Å²) in [4.78, 5) is 0. The molecule has 1 heteroatoms. The highest BCUT2D eigenvalue weighted by molar-refractivity contribution is 6.09. The van der Waals surface area contributed by atoms with Crippen molar-refractivity contribution in [1.82, 2.24) is 4.57 Å². The van der Waals surface area contributed by atoms with E-state index in [1.165, 1.54) is 55.0 Å². The lowest BCUT2D eigenvalue weighted by Gasteiger charge is -2.13. The minimum absolute atomic E-state index is 0.928. The Morgan fingerprint density at radius 2 is 1.17 bits per heavy atom. The van der Waals surface area contributed by atoms with Crippen molar-refractivity contribution >= 4 is 32.6 Å². The van der Waals surface area contributed by atoms with Crippen LogP contribution in [-0.4, -0.2) is 4.57 Å². The number of nitrogens with zero attached hydrogens (tertiary/aromatic N) is 1. The summed E-state index contributed by atoms with van der Waals surface area (Å²) in [6.07, 6.45) is 9.41. The van der Waals surface area contributed by atoms with Crippen molar-refractivity contribution in [2.75, 3.05) is 0 Å². The minimum Gasteiger partial charge on any atom is -0.309 e. The summed E-state index contributed by atoms with van der Waals surface area (Å²) in [5.41, 5.74) is 7.52. The highest BCUT2D eigenvalue weighted by Crippen LogP contribution is 2.34. The summed E-state index contributed by atoms with van der Waals surface area (Å²) in [5, 5.41) is 5.20. The molecule has 0 aliphatic rings. The van der Waals surface area contributed by atoms with E-state index < -0.39 is 0 Å². The molecular weight excluding hydrogens is 422 g/mol. The molecule has 1 aromatic heterocycles. The van der Waals surface area contributed by atoms with Crippen LogP contribution < -0.4 is 0 Å². The first-order valence-electron chi connectivity index (χ1n) is 12.2. The van der Waals surface area contributed by atoms with Gasteiger partial charge in [-0.2, -0.15) is 0 Å². The van der Waals surface area contributed by atoms with Crippen molar-refractivity contribution in [3.05, 3.63) is 139 Å². The zero-order valence-corrected chi connectivity index (χ0v) is 19.9. The summed E-state index contributed by atoms with van der Waals surface area (Å²) in [6.45, 7) is 2.04. The second-order valence-corrected chi connectivity index (χ2v) is 8.89. The van der Waals surface area contributed by atoms with Gasteiger partial charge in [-0.1, -0.05) is 109 Å². The average molecular weight is 450 g/mol. The monoisotopic (exact) mass is 449 g/mol. The average Bonchev–Trinajstić information content (AvgIpc) is 3.26. The summed E-state index contributed by atoms with van der Waals surface area (Å²) in [5.74, 6) is 0. The Kier molecular flexibility index (Phi) is 5.52. The van der Waals surface area contributed by atoms with Crippen LogP contribution in [0.4, 0.5) is 0 Å². The van der Waals surface area contributed by atoms with Crippen molar-refractivity contribution in [3.63, 3.8) is 0 Å². The van der Waals surface area contributed by atoms with Gasteiger partial charge in [-0.15, -0.1) is 0 Å². The molecule has 0 fully saturated rings. The van der Waals surface area contributed by atoms with Crippen molar-refractivity contribution in [2.45, 2.75) is 13.3 Å². The van der Waals surface area contributed by atoms with Gasteiger partial charge in [0.2, 0.25) is 0 Å². The molecule has 1 nitrogen and oxygen atoms in total. The maximum Gasteiger partial charge on any atom is 0.0541 e. The van der Waals surface area contributed by atoms with Gasteiger partial charge in [0.15, 0.2) is 0 Å². The molecule has 0 saturated heterocycles. The number of aromatic nitrogens is 1. The van der Waals surface area contributed by atoms with E-state index in [0.29, 0.717) is 0 Å². The van der Waals surface area contributed by atoms with Crippen LogP contribution in [0.1, 0.15) is 12.5 Å². The Labute approximate surface area is 206 Å². The van der Waals surface area contributed by atoms with Crippen LogP contribution in [0.3, 0.4) is 0 Å². The molecule has 0 radical (unpaired) electrons. The number of rotatable bonds is 5. The molecule has 0 aliphatic carbocycles. The van der Waals surface area contributed by atoms with Gasteiger partial charge in [0, 0.05) is 16.5 Å². The molecule has 0 bridgehead atoms. The van der Waals surface area contributed by atoms with Crippen LogP contribution in [0, 0.1) is 0 Å². The largest absolute Gasteiger partial charge is 0.309 e. The van der Waals surface area contributed by atoms with Gasteiger partial charge in [-0.3, -0.25) is 0 Å².